The maximum atomic E-state index is 13.5. The van der Waals surface area contributed by atoms with Crippen LogP contribution in [0.2, 0.25) is 0 Å². The number of halogens is 1. The Morgan fingerprint density at radius 2 is 2.07 bits per heavy atom. The van der Waals surface area contributed by atoms with E-state index in [-0.39, 0.29) is 18.5 Å². The van der Waals surface area contributed by atoms with E-state index in [1.807, 2.05) is 25.8 Å². The number of para-hydroxylation sites is 1. The zero-order chi connectivity index (χ0) is 10.7. The Labute approximate surface area is 84.0 Å². The third-order valence-electron chi connectivity index (χ3n) is 2.37. The molecule has 1 N–H and O–H groups in total. The molecule has 1 aromatic carbocycles. The van der Waals surface area contributed by atoms with Crippen molar-refractivity contribution in [1.82, 2.24) is 0 Å². The molecule has 0 atom stereocenters. The van der Waals surface area contributed by atoms with Crippen molar-refractivity contribution in [2.24, 2.45) is 0 Å². The molecule has 0 amide bonds. The van der Waals surface area contributed by atoms with Crippen molar-refractivity contribution in [3.63, 3.8) is 0 Å². The molecule has 0 spiro atoms. The second kappa shape index (κ2) is 4.42. The fraction of sp³-hybridized carbons (Fsp3) is 0.455. The van der Waals surface area contributed by atoms with Crippen LogP contribution >= 0.6 is 0 Å². The molecule has 0 saturated heterocycles. The summed E-state index contributed by atoms with van der Waals surface area (Å²) in [5.41, 5.74) is 1.12. The monoisotopic (exact) mass is 197 g/mol. The average molecular weight is 197 g/mol. The van der Waals surface area contributed by atoms with Crippen LogP contribution in [0.25, 0.3) is 0 Å². The van der Waals surface area contributed by atoms with Crippen LogP contribution in [0.4, 0.5) is 10.1 Å². The third-order valence-corrected chi connectivity index (χ3v) is 2.37. The van der Waals surface area contributed by atoms with Gasteiger partial charge in [-0.3, -0.25) is 0 Å². The highest BCUT2D eigenvalue weighted by Gasteiger charge is 2.14. The van der Waals surface area contributed by atoms with E-state index in [0.717, 1.165) is 0 Å². The predicted molar refractivity (Wildman–Crippen MR) is 55.9 cm³/mol. The molecule has 0 saturated carbocycles. The van der Waals surface area contributed by atoms with Crippen LogP contribution in [0.5, 0.6) is 0 Å². The number of hydrogen-bond donors (Lipinski definition) is 1. The van der Waals surface area contributed by atoms with Crippen molar-refractivity contribution in [1.29, 1.82) is 0 Å². The van der Waals surface area contributed by atoms with E-state index in [2.05, 4.69) is 0 Å². The van der Waals surface area contributed by atoms with Crippen LogP contribution < -0.4 is 4.90 Å². The highest BCUT2D eigenvalue weighted by Crippen LogP contribution is 2.24. The molecule has 0 aliphatic rings. The number of rotatable bonds is 3. The molecule has 1 rings (SSSR count). The molecule has 0 aliphatic heterocycles. The van der Waals surface area contributed by atoms with Crippen molar-refractivity contribution in [2.45, 2.75) is 26.5 Å². The molecule has 0 aromatic heterocycles. The first-order chi connectivity index (χ1) is 6.57. The summed E-state index contributed by atoms with van der Waals surface area (Å²) in [5, 5.41) is 9.08. The Morgan fingerprint density at radius 3 is 2.57 bits per heavy atom. The number of aliphatic hydroxyl groups is 1. The van der Waals surface area contributed by atoms with E-state index < -0.39 is 0 Å². The molecule has 14 heavy (non-hydrogen) atoms. The van der Waals surface area contributed by atoms with Gasteiger partial charge in [-0.25, -0.2) is 4.39 Å². The number of aliphatic hydroxyl groups excluding tert-OH is 1. The lowest BCUT2D eigenvalue weighted by Crippen LogP contribution is -2.27. The number of hydrogen-bond acceptors (Lipinski definition) is 2. The lowest BCUT2D eigenvalue weighted by atomic mass is 10.1. The van der Waals surface area contributed by atoms with E-state index in [1.54, 1.807) is 12.1 Å². The van der Waals surface area contributed by atoms with E-state index in [0.29, 0.717) is 11.3 Å². The Bertz CT molecular complexity index is 312. The Balaban J connectivity index is 3.16. The molecule has 1 aromatic rings. The van der Waals surface area contributed by atoms with E-state index >= 15 is 0 Å². The first-order valence-corrected chi connectivity index (χ1v) is 4.69. The Hall–Kier alpha value is -1.09. The van der Waals surface area contributed by atoms with Gasteiger partial charge in [-0.15, -0.1) is 0 Å². The topological polar surface area (TPSA) is 23.5 Å². The van der Waals surface area contributed by atoms with Gasteiger partial charge in [-0.05, 0) is 19.9 Å². The molecule has 78 valence electrons. The van der Waals surface area contributed by atoms with Gasteiger partial charge in [0.25, 0.3) is 0 Å². The molecular weight excluding hydrogens is 181 g/mol. The highest BCUT2D eigenvalue weighted by molar-refractivity contribution is 5.54. The second-order valence-corrected chi connectivity index (χ2v) is 3.61. The number of nitrogens with zero attached hydrogens (tertiary/aromatic N) is 1. The molecule has 0 radical (unpaired) electrons. The van der Waals surface area contributed by atoms with Crippen molar-refractivity contribution in [3.8, 4) is 0 Å². The lowest BCUT2D eigenvalue weighted by Gasteiger charge is -2.26. The maximum absolute atomic E-state index is 13.5. The zero-order valence-electron chi connectivity index (χ0n) is 8.79. The summed E-state index contributed by atoms with van der Waals surface area (Å²) in [6, 6.07) is 4.96. The Morgan fingerprint density at radius 1 is 1.43 bits per heavy atom. The molecular formula is C11H16FNO. The Kier molecular flexibility index (Phi) is 3.47. The second-order valence-electron chi connectivity index (χ2n) is 3.61. The zero-order valence-corrected chi connectivity index (χ0v) is 8.79. The smallest absolute Gasteiger partial charge is 0.146 e. The van der Waals surface area contributed by atoms with Crippen LogP contribution in [0, 0.1) is 5.82 Å². The van der Waals surface area contributed by atoms with Crippen molar-refractivity contribution >= 4 is 5.69 Å². The summed E-state index contributed by atoms with van der Waals surface area (Å²) < 4.78 is 13.5. The van der Waals surface area contributed by atoms with Gasteiger partial charge in [0.1, 0.15) is 5.82 Å². The van der Waals surface area contributed by atoms with Crippen LogP contribution in [-0.4, -0.2) is 18.2 Å². The molecule has 0 bridgehead atoms. The van der Waals surface area contributed by atoms with Crippen molar-refractivity contribution in [2.75, 3.05) is 11.9 Å². The predicted octanol–water partition coefficient (Wildman–Crippen LogP) is 2.16. The molecule has 3 heteroatoms. The molecule has 0 aliphatic carbocycles. The average Bonchev–Trinajstić information content (AvgIpc) is 2.16. The summed E-state index contributed by atoms with van der Waals surface area (Å²) in [7, 11) is 1.82. The van der Waals surface area contributed by atoms with E-state index in [4.69, 9.17) is 5.11 Å². The normalized spacial score (nSPS) is 10.7. The largest absolute Gasteiger partial charge is 0.392 e. The summed E-state index contributed by atoms with van der Waals surface area (Å²) in [4.78, 5) is 1.82. The number of benzene rings is 1. The van der Waals surface area contributed by atoms with Crippen LogP contribution in [-0.2, 0) is 6.61 Å². The van der Waals surface area contributed by atoms with Gasteiger partial charge in [0.2, 0.25) is 0 Å². The molecule has 0 fully saturated rings. The van der Waals surface area contributed by atoms with Crippen LogP contribution in [0.1, 0.15) is 19.4 Å². The molecule has 0 unspecified atom stereocenters. The minimum Gasteiger partial charge on any atom is -0.392 e. The first kappa shape index (κ1) is 11.0. The SMILES string of the molecule is CC(C)N(C)c1c(F)cccc1CO. The van der Waals surface area contributed by atoms with Gasteiger partial charge in [0, 0.05) is 18.7 Å². The van der Waals surface area contributed by atoms with Gasteiger partial charge in [-0.2, -0.15) is 0 Å². The third kappa shape index (κ3) is 2.04. The standard InChI is InChI=1S/C11H16FNO/c1-8(2)13(3)11-9(7-14)5-4-6-10(11)12/h4-6,8,14H,7H2,1-3H3. The first-order valence-electron chi connectivity index (χ1n) is 4.69. The summed E-state index contributed by atoms with van der Waals surface area (Å²) in [6.45, 7) is 3.82. The van der Waals surface area contributed by atoms with Gasteiger partial charge < -0.3 is 10.0 Å². The maximum Gasteiger partial charge on any atom is 0.146 e. The molecule has 0 heterocycles. The van der Waals surface area contributed by atoms with E-state index in [1.165, 1.54) is 6.07 Å². The van der Waals surface area contributed by atoms with Gasteiger partial charge in [-0.1, -0.05) is 12.1 Å². The molecule has 2 nitrogen and oxygen atoms in total. The van der Waals surface area contributed by atoms with Gasteiger partial charge in [0.15, 0.2) is 0 Å². The van der Waals surface area contributed by atoms with Crippen LogP contribution in [0.15, 0.2) is 18.2 Å². The fourth-order valence-electron chi connectivity index (χ4n) is 1.34. The highest BCUT2D eigenvalue weighted by atomic mass is 19.1. The quantitative estimate of drug-likeness (QED) is 0.802. The van der Waals surface area contributed by atoms with Crippen LogP contribution in [0.3, 0.4) is 0 Å². The summed E-state index contributed by atoms with van der Waals surface area (Å²) >= 11 is 0. The summed E-state index contributed by atoms with van der Waals surface area (Å²) in [5.74, 6) is -0.284. The van der Waals surface area contributed by atoms with Gasteiger partial charge >= 0.3 is 0 Å². The lowest BCUT2D eigenvalue weighted by molar-refractivity contribution is 0.281. The minimum absolute atomic E-state index is 0.135. The fourth-order valence-corrected chi connectivity index (χ4v) is 1.34. The van der Waals surface area contributed by atoms with Gasteiger partial charge in [0.05, 0.1) is 12.3 Å². The van der Waals surface area contributed by atoms with Crippen molar-refractivity contribution < 1.29 is 9.50 Å². The minimum atomic E-state index is -0.284. The number of anilines is 1. The summed E-state index contributed by atoms with van der Waals surface area (Å²) in [6.07, 6.45) is 0. The van der Waals surface area contributed by atoms with Crippen molar-refractivity contribution in [3.05, 3.63) is 29.6 Å². The van der Waals surface area contributed by atoms with E-state index in [9.17, 15) is 4.39 Å².